The first-order valence-electron chi connectivity index (χ1n) is 5.79. The predicted molar refractivity (Wildman–Crippen MR) is 76.3 cm³/mol. The lowest BCUT2D eigenvalue weighted by atomic mass is 10.2. The van der Waals surface area contributed by atoms with E-state index in [2.05, 4.69) is 15.6 Å². The highest BCUT2D eigenvalue weighted by atomic mass is 32.2. The molecule has 2 unspecified atom stereocenters. The van der Waals surface area contributed by atoms with Crippen molar-refractivity contribution in [2.75, 3.05) is 25.2 Å². The second-order valence-corrected chi connectivity index (χ2v) is 5.91. The van der Waals surface area contributed by atoms with Crippen LogP contribution in [0.15, 0.2) is 12.3 Å². The summed E-state index contributed by atoms with van der Waals surface area (Å²) in [6, 6.07) is 1.31. The van der Waals surface area contributed by atoms with Gasteiger partial charge in [-0.2, -0.15) is 0 Å². The van der Waals surface area contributed by atoms with Crippen LogP contribution < -0.4 is 10.6 Å². The normalized spacial score (nSPS) is 13.3. The molecule has 0 aliphatic rings. The SMILES string of the molecule is CNc1cc(C(=O)NCC(C)S(C)=O)c([N+](=O)[O-])cn1. The molecule has 1 rings (SSSR count). The lowest BCUT2D eigenvalue weighted by molar-refractivity contribution is -0.385. The Morgan fingerprint density at radius 3 is 2.75 bits per heavy atom. The molecule has 1 aromatic rings. The second kappa shape index (κ2) is 6.94. The Labute approximate surface area is 118 Å². The van der Waals surface area contributed by atoms with Crippen LogP contribution in [-0.4, -0.2) is 45.1 Å². The van der Waals surface area contributed by atoms with Crippen LogP contribution in [0.1, 0.15) is 17.3 Å². The van der Waals surface area contributed by atoms with Crippen molar-refractivity contribution in [1.29, 1.82) is 0 Å². The first-order chi connectivity index (χ1) is 9.36. The molecule has 2 atom stereocenters. The highest BCUT2D eigenvalue weighted by Crippen LogP contribution is 2.19. The minimum absolute atomic E-state index is 0.0802. The number of nitrogens with zero attached hydrogens (tertiary/aromatic N) is 2. The maximum absolute atomic E-state index is 12.0. The van der Waals surface area contributed by atoms with Crippen LogP contribution in [0.4, 0.5) is 11.5 Å². The molecule has 8 nitrogen and oxygen atoms in total. The van der Waals surface area contributed by atoms with Crippen molar-refractivity contribution >= 4 is 28.2 Å². The number of nitrogens with one attached hydrogen (secondary N) is 2. The first kappa shape index (κ1) is 16.0. The van der Waals surface area contributed by atoms with Gasteiger partial charge in [0.15, 0.2) is 0 Å². The summed E-state index contributed by atoms with van der Waals surface area (Å²) in [5.41, 5.74) is -0.449. The third kappa shape index (κ3) is 3.98. The van der Waals surface area contributed by atoms with Crippen molar-refractivity contribution in [3.8, 4) is 0 Å². The number of carbonyl (C=O) groups excluding carboxylic acids is 1. The molecule has 0 saturated heterocycles. The van der Waals surface area contributed by atoms with Crippen molar-refractivity contribution in [1.82, 2.24) is 10.3 Å². The molecule has 0 aliphatic heterocycles. The topological polar surface area (TPSA) is 114 Å². The zero-order valence-corrected chi connectivity index (χ0v) is 12.2. The van der Waals surface area contributed by atoms with Crippen molar-refractivity contribution in [3.05, 3.63) is 27.9 Å². The van der Waals surface area contributed by atoms with E-state index in [4.69, 9.17) is 0 Å². The minimum Gasteiger partial charge on any atom is -0.373 e. The smallest absolute Gasteiger partial charge is 0.300 e. The van der Waals surface area contributed by atoms with Gasteiger partial charge in [0.05, 0.1) is 4.92 Å². The first-order valence-corrected chi connectivity index (χ1v) is 7.41. The Bertz CT molecular complexity index is 549. The average Bonchev–Trinajstić information content (AvgIpc) is 2.43. The van der Waals surface area contributed by atoms with E-state index < -0.39 is 21.6 Å². The monoisotopic (exact) mass is 300 g/mol. The number of rotatable bonds is 6. The molecule has 0 saturated carbocycles. The molecule has 0 aromatic carbocycles. The molecule has 0 spiro atoms. The third-order valence-electron chi connectivity index (χ3n) is 2.70. The number of pyridine rings is 1. The summed E-state index contributed by atoms with van der Waals surface area (Å²) in [5, 5.41) is 15.9. The van der Waals surface area contributed by atoms with Gasteiger partial charge in [0, 0.05) is 42.0 Å². The van der Waals surface area contributed by atoms with Gasteiger partial charge in [0.2, 0.25) is 0 Å². The number of amides is 1. The molecule has 1 heterocycles. The molecule has 1 amide bonds. The fourth-order valence-electron chi connectivity index (χ4n) is 1.36. The van der Waals surface area contributed by atoms with Gasteiger partial charge in [-0.3, -0.25) is 19.1 Å². The van der Waals surface area contributed by atoms with Gasteiger partial charge in [-0.25, -0.2) is 4.98 Å². The van der Waals surface area contributed by atoms with E-state index in [1.54, 1.807) is 14.0 Å². The number of anilines is 1. The van der Waals surface area contributed by atoms with E-state index in [0.717, 1.165) is 6.20 Å². The van der Waals surface area contributed by atoms with E-state index in [-0.39, 0.29) is 23.0 Å². The molecule has 0 bridgehead atoms. The number of aromatic nitrogens is 1. The largest absolute Gasteiger partial charge is 0.373 e. The van der Waals surface area contributed by atoms with Gasteiger partial charge in [0.25, 0.3) is 11.6 Å². The second-order valence-electron chi connectivity index (χ2n) is 4.11. The van der Waals surface area contributed by atoms with Gasteiger partial charge in [-0.15, -0.1) is 0 Å². The molecular weight excluding hydrogens is 284 g/mol. The van der Waals surface area contributed by atoms with Crippen LogP contribution in [0.3, 0.4) is 0 Å². The van der Waals surface area contributed by atoms with Gasteiger partial charge >= 0.3 is 0 Å². The van der Waals surface area contributed by atoms with E-state index in [1.165, 1.54) is 12.3 Å². The van der Waals surface area contributed by atoms with Gasteiger partial charge in [-0.05, 0) is 6.92 Å². The van der Waals surface area contributed by atoms with Crippen molar-refractivity contribution in [2.24, 2.45) is 0 Å². The number of hydrogen-bond donors (Lipinski definition) is 2. The van der Waals surface area contributed by atoms with Crippen LogP contribution in [0.5, 0.6) is 0 Å². The van der Waals surface area contributed by atoms with Crippen molar-refractivity contribution in [2.45, 2.75) is 12.2 Å². The Morgan fingerprint density at radius 1 is 1.60 bits per heavy atom. The molecule has 0 aliphatic carbocycles. The molecule has 20 heavy (non-hydrogen) atoms. The summed E-state index contributed by atoms with van der Waals surface area (Å²) in [5.74, 6) is -0.235. The van der Waals surface area contributed by atoms with Crippen molar-refractivity contribution in [3.63, 3.8) is 0 Å². The fraction of sp³-hybridized carbons (Fsp3) is 0.455. The van der Waals surface area contributed by atoms with Gasteiger partial charge < -0.3 is 10.6 Å². The summed E-state index contributed by atoms with van der Waals surface area (Å²) in [6.45, 7) is 1.90. The van der Waals surface area contributed by atoms with Crippen molar-refractivity contribution < 1.29 is 13.9 Å². The van der Waals surface area contributed by atoms with Crippen LogP contribution in [0.2, 0.25) is 0 Å². The number of carbonyl (C=O) groups is 1. The maximum Gasteiger partial charge on any atom is 0.300 e. The fourth-order valence-corrected chi connectivity index (χ4v) is 1.68. The molecule has 0 radical (unpaired) electrons. The highest BCUT2D eigenvalue weighted by molar-refractivity contribution is 7.84. The lowest BCUT2D eigenvalue weighted by Gasteiger charge is -2.10. The van der Waals surface area contributed by atoms with Crippen LogP contribution in [0, 0.1) is 10.1 Å². The Hall–Kier alpha value is -2.03. The van der Waals surface area contributed by atoms with E-state index in [0.29, 0.717) is 5.82 Å². The molecule has 110 valence electrons. The van der Waals surface area contributed by atoms with Crippen LogP contribution in [0.25, 0.3) is 0 Å². The lowest BCUT2D eigenvalue weighted by Crippen LogP contribution is -2.33. The number of hydrogen-bond acceptors (Lipinski definition) is 6. The molecule has 2 N–H and O–H groups in total. The van der Waals surface area contributed by atoms with Gasteiger partial charge in [0.1, 0.15) is 17.6 Å². The van der Waals surface area contributed by atoms with E-state index in [9.17, 15) is 19.1 Å². The summed E-state index contributed by atoms with van der Waals surface area (Å²) in [4.78, 5) is 26.0. The molecular formula is C11H16N4O4S. The standard InChI is InChI=1S/C11H16N4O4S/c1-7(20(3)19)5-14-11(16)8-4-10(12-2)13-6-9(8)15(17)18/h4,6-7H,5H2,1-3H3,(H,12,13)(H,14,16). The van der Waals surface area contributed by atoms with Crippen LogP contribution >= 0.6 is 0 Å². The highest BCUT2D eigenvalue weighted by Gasteiger charge is 2.22. The molecule has 1 aromatic heterocycles. The maximum atomic E-state index is 12.0. The summed E-state index contributed by atoms with van der Waals surface area (Å²) < 4.78 is 11.2. The zero-order valence-electron chi connectivity index (χ0n) is 11.4. The third-order valence-corrected chi connectivity index (χ3v) is 4.00. The van der Waals surface area contributed by atoms with Crippen LogP contribution in [-0.2, 0) is 10.8 Å². The Balaban J connectivity index is 2.95. The Kier molecular flexibility index (Phi) is 5.56. The Morgan fingerprint density at radius 2 is 2.25 bits per heavy atom. The summed E-state index contributed by atoms with van der Waals surface area (Å²) in [7, 11) is 0.519. The summed E-state index contributed by atoms with van der Waals surface area (Å²) in [6.07, 6.45) is 2.56. The molecule has 0 fully saturated rings. The average molecular weight is 300 g/mol. The van der Waals surface area contributed by atoms with E-state index in [1.807, 2.05) is 0 Å². The summed E-state index contributed by atoms with van der Waals surface area (Å²) >= 11 is 0. The van der Waals surface area contributed by atoms with E-state index >= 15 is 0 Å². The quantitative estimate of drug-likeness (QED) is 0.585. The molecule has 9 heteroatoms. The predicted octanol–water partition coefficient (Wildman–Crippen LogP) is 0.528. The van der Waals surface area contributed by atoms with Gasteiger partial charge in [-0.1, -0.05) is 0 Å². The minimum atomic E-state index is -1.08. The zero-order chi connectivity index (χ0) is 15.3. The number of nitro groups is 1.